The fourth-order valence-electron chi connectivity index (χ4n) is 4.77. The summed E-state index contributed by atoms with van der Waals surface area (Å²) in [6.07, 6.45) is 1.73. The van der Waals surface area contributed by atoms with Crippen LogP contribution in [0.3, 0.4) is 0 Å². The van der Waals surface area contributed by atoms with Crippen molar-refractivity contribution >= 4 is 12.4 Å². The summed E-state index contributed by atoms with van der Waals surface area (Å²) in [4.78, 5) is 0. The van der Waals surface area contributed by atoms with Crippen molar-refractivity contribution in [3.05, 3.63) is 71.8 Å². The first kappa shape index (κ1) is 16.5. The van der Waals surface area contributed by atoms with Crippen LogP contribution in [-0.2, 0) is 5.41 Å². The van der Waals surface area contributed by atoms with Crippen LogP contribution in [0, 0.1) is 11.8 Å². The van der Waals surface area contributed by atoms with Gasteiger partial charge in [-0.2, -0.15) is 0 Å². The minimum absolute atomic E-state index is 0. The molecule has 122 valence electrons. The molecular formula is C20H24ClNO. The number of halogens is 1. The van der Waals surface area contributed by atoms with Crippen molar-refractivity contribution in [1.29, 1.82) is 0 Å². The lowest BCUT2D eigenvalue weighted by molar-refractivity contribution is 0.0238. The monoisotopic (exact) mass is 329 g/mol. The quantitative estimate of drug-likeness (QED) is 0.885. The Morgan fingerprint density at radius 2 is 1.43 bits per heavy atom. The van der Waals surface area contributed by atoms with Crippen molar-refractivity contribution in [3.8, 4) is 0 Å². The number of nitrogens with one attached hydrogen (secondary N) is 1. The van der Waals surface area contributed by atoms with Gasteiger partial charge in [0.05, 0.1) is 6.10 Å². The van der Waals surface area contributed by atoms with Gasteiger partial charge in [0.25, 0.3) is 0 Å². The van der Waals surface area contributed by atoms with Crippen LogP contribution in [0.25, 0.3) is 0 Å². The van der Waals surface area contributed by atoms with Gasteiger partial charge in [-0.15, -0.1) is 12.4 Å². The normalized spacial score (nSPS) is 28.7. The molecule has 1 aliphatic heterocycles. The molecule has 1 saturated heterocycles. The first-order chi connectivity index (χ1) is 10.8. The average molecular weight is 330 g/mol. The van der Waals surface area contributed by atoms with Gasteiger partial charge in [0, 0.05) is 17.9 Å². The summed E-state index contributed by atoms with van der Waals surface area (Å²) < 4.78 is 0. The molecular weight excluding hydrogens is 306 g/mol. The Labute approximate surface area is 144 Å². The van der Waals surface area contributed by atoms with E-state index in [1.807, 2.05) is 0 Å². The van der Waals surface area contributed by atoms with E-state index in [2.05, 4.69) is 66.0 Å². The highest BCUT2D eigenvalue weighted by atomic mass is 35.5. The van der Waals surface area contributed by atoms with E-state index in [4.69, 9.17) is 0 Å². The Balaban J connectivity index is 0.00000156. The molecule has 0 aromatic heterocycles. The first-order valence-electron chi connectivity index (χ1n) is 8.32. The molecule has 0 unspecified atom stereocenters. The number of fused-ring (bicyclic) bond motifs is 1. The number of aliphatic hydroxyl groups is 1. The van der Waals surface area contributed by atoms with E-state index >= 15 is 0 Å². The lowest BCUT2D eigenvalue weighted by Gasteiger charge is -2.48. The van der Waals surface area contributed by atoms with Crippen LogP contribution in [0.5, 0.6) is 0 Å². The topological polar surface area (TPSA) is 32.3 Å². The molecule has 2 fully saturated rings. The van der Waals surface area contributed by atoms with Crippen LogP contribution in [0.1, 0.15) is 24.0 Å². The minimum atomic E-state index is -0.166. The molecule has 4 rings (SSSR count). The molecule has 3 heteroatoms. The van der Waals surface area contributed by atoms with Crippen LogP contribution in [-0.4, -0.2) is 24.3 Å². The van der Waals surface area contributed by atoms with Crippen LogP contribution in [0.2, 0.25) is 0 Å². The summed E-state index contributed by atoms with van der Waals surface area (Å²) in [5, 5.41) is 14.0. The van der Waals surface area contributed by atoms with Gasteiger partial charge >= 0.3 is 0 Å². The van der Waals surface area contributed by atoms with Crippen molar-refractivity contribution < 1.29 is 5.11 Å². The summed E-state index contributed by atoms with van der Waals surface area (Å²) in [5.41, 5.74) is 2.81. The molecule has 2 aromatic rings. The third-order valence-electron chi connectivity index (χ3n) is 5.80. The standard InChI is InChI=1S/C20H23NO.ClH/c22-19-11-12-20(15-7-3-1-4-8-15,16-9-5-2-6-10-16)18-14-21-13-17(18)19;/h1-10,17-19,21-22H,11-14H2;1H/t17-,18+,19+;/m0./s1. The molecule has 2 nitrogen and oxygen atoms in total. The molecule has 2 aromatic carbocycles. The Morgan fingerprint density at radius 1 is 0.870 bits per heavy atom. The lowest BCUT2D eigenvalue weighted by Crippen LogP contribution is -2.48. The maximum Gasteiger partial charge on any atom is 0.0584 e. The third-order valence-corrected chi connectivity index (χ3v) is 5.80. The Hall–Kier alpha value is -1.35. The highest BCUT2D eigenvalue weighted by Crippen LogP contribution is 2.51. The smallest absolute Gasteiger partial charge is 0.0584 e. The summed E-state index contributed by atoms with van der Waals surface area (Å²) in [7, 11) is 0. The van der Waals surface area contributed by atoms with Crippen molar-refractivity contribution in [2.75, 3.05) is 13.1 Å². The maximum absolute atomic E-state index is 10.5. The predicted molar refractivity (Wildman–Crippen MR) is 96.0 cm³/mol. The second kappa shape index (κ2) is 6.64. The zero-order valence-corrected chi connectivity index (χ0v) is 14.0. The summed E-state index contributed by atoms with van der Waals surface area (Å²) in [6, 6.07) is 21.8. The van der Waals surface area contributed by atoms with Crippen molar-refractivity contribution in [1.82, 2.24) is 5.32 Å². The van der Waals surface area contributed by atoms with Crippen LogP contribution >= 0.6 is 12.4 Å². The fraction of sp³-hybridized carbons (Fsp3) is 0.400. The zero-order valence-electron chi connectivity index (χ0n) is 13.2. The highest BCUT2D eigenvalue weighted by Gasteiger charge is 2.52. The molecule has 0 amide bonds. The maximum atomic E-state index is 10.5. The molecule has 1 saturated carbocycles. The van der Waals surface area contributed by atoms with Gasteiger partial charge in [0.2, 0.25) is 0 Å². The van der Waals surface area contributed by atoms with Crippen molar-refractivity contribution in [2.24, 2.45) is 11.8 Å². The van der Waals surface area contributed by atoms with Gasteiger partial charge < -0.3 is 10.4 Å². The largest absolute Gasteiger partial charge is 0.393 e. The first-order valence-corrected chi connectivity index (χ1v) is 8.32. The van der Waals surface area contributed by atoms with E-state index in [0.29, 0.717) is 11.8 Å². The van der Waals surface area contributed by atoms with Crippen LogP contribution in [0.15, 0.2) is 60.7 Å². The number of hydrogen-bond acceptors (Lipinski definition) is 2. The van der Waals surface area contributed by atoms with Crippen LogP contribution < -0.4 is 5.32 Å². The number of hydrogen-bond donors (Lipinski definition) is 2. The van der Waals surface area contributed by atoms with Gasteiger partial charge in [-0.25, -0.2) is 0 Å². The summed E-state index contributed by atoms with van der Waals surface area (Å²) in [5.74, 6) is 0.815. The van der Waals surface area contributed by atoms with E-state index in [-0.39, 0.29) is 23.9 Å². The molecule has 23 heavy (non-hydrogen) atoms. The Kier molecular flexibility index (Phi) is 4.77. The number of benzene rings is 2. The van der Waals surface area contributed by atoms with E-state index in [0.717, 1.165) is 25.9 Å². The molecule has 0 spiro atoms. The van der Waals surface area contributed by atoms with E-state index in [9.17, 15) is 5.11 Å². The molecule has 2 N–H and O–H groups in total. The van der Waals surface area contributed by atoms with E-state index in [1.54, 1.807) is 0 Å². The summed E-state index contributed by atoms with van der Waals surface area (Å²) in [6.45, 7) is 1.93. The van der Waals surface area contributed by atoms with Gasteiger partial charge in [0.15, 0.2) is 0 Å². The molecule has 1 aliphatic carbocycles. The second-order valence-corrected chi connectivity index (χ2v) is 6.74. The number of rotatable bonds is 2. The molecule has 0 radical (unpaired) electrons. The highest BCUT2D eigenvalue weighted by molar-refractivity contribution is 5.85. The summed E-state index contributed by atoms with van der Waals surface area (Å²) >= 11 is 0. The van der Waals surface area contributed by atoms with Crippen LogP contribution in [0.4, 0.5) is 0 Å². The zero-order chi connectivity index (χ0) is 15.0. The SMILES string of the molecule is Cl.O[C@@H]1CCC(c2ccccc2)(c2ccccc2)[C@@H]2CNC[C@H]12. The predicted octanol–water partition coefficient (Wildman–Crippen LogP) is 3.38. The molecule has 3 atom stereocenters. The van der Waals surface area contributed by atoms with Gasteiger partial charge in [0.1, 0.15) is 0 Å². The Bertz CT molecular complexity index is 591. The third kappa shape index (κ3) is 2.59. The molecule has 1 heterocycles. The molecule has 0 bridgehead atoms. The van der Waals surface area contributed by atoms with E-state index in [1.165, 1.54) is 11.1 Å². The Morgan fingerprint density at radius 3 is 2.00 bits per heavy atom. The average Bonchev–Trinajstić information content (AvgIpc) is 3.08. The minimum Gasteiger partial charge on any atom is -0.393 e. The van der Waals surface area contributed by atoms with Gasteiger partial charge in [-0.3, -0.25) is 0 Å². The van der Waals surface area contributed by atoms with E-state index < -0.39 is 0 Å². The van der Waals surface area contributed by atoms with Crippen molar-refractivity contribution in [2.45, 2.75) is 24.4 Å². The molecule has 2 aliphatic rings. The van der Waals surface area contributed by atoms with Gasteiger partial charge in [-0.05, 0) is 36.4 Å². The van der Waals surface area contributed by atoms with Gasteiger partial charge in [-0.1, -0.05) is 60.7 Å². The van der Waals surface area contributed by atoms with Crippen molar-refractivity contribution in [3.63, 3.8) is 0 Å². The second-order valence-electron chi connectivity index (χ2n) is 6.74. The lowest BCUT2D eigenvalue weighted by atomic mass is 9.56. The number of aliphatic hydroxyl groups excluding tert-OH is 1. The fourth-order valence-corrected chi connectivity index (χ4v) is 4.77.